The number of nitrogens with one attached hydrogen (secondary N) is 1. The highest BCUT2D eigenvalue weighted by Crippen LogP contribution is 2.16. The Balaban J connectivity index is 2.02. The summed E-state index contributed by atoms with van der Waals surface area (Å²) in [5, 5.41) is 4.05. The maximum atomic E-state index is 12.4. The SMILES string of the molecule is CCN(CC)S(=O)(=O)c1ccc(NN=Cc2ccc(C(=O)OC)cc2)nc1. The topological polar surface area (TPSA) is 101 Å². The van der Waals surface area contributed by atoms with Crippen LogP contribution in [-0.2, 0) is 14.8 Å². The minimum atomic E-state index is -3.53. The Kier molecular flexibility index (Phi) is 7.03. The molecule has 0 unspecified atom stereocenters. The van der Waals surface area contributed by atoms with Gasteiger partial charge in [0, 0.05) is 19.3 Å². The summed E-state index contributed by atoms with van der Waals surface area (Å²) in [5.41, 5.74) is 3.96. The predicted molar refractivity (Wildman–Crippen MR) is 103 cm³/mol. The van der Waals surface area contributed by atoms with Gasteiger partial charge in [0.15, 0.2) is 0 Å². The lowest BCUT2D eigenvalue weighted by Gasteiger charge is -2.18. The zero-order valence-electron chi connectivity index (χ0n) is 15.4. The van der Waals surface area contributed by atoms with Gasteiger partial charge in [-0.1, -0.05) is 26.0 Å². The Labute approximate surface area is 158 Å². The second kappa shape index (κ2) is 9.24. The molecule has 1 aromatic carbocycles. The number of carbonyl (C=O) groups is 1. The molecule has 8 nitrogen and oxygen atoms in total. The number of carbonyl (C=O) groups excluding carboxylic acids is 1. The molecule has 1 heterocycles. The molecular weight excluding hydrogens is 368 g/mol. The van der Waals surface area contributed by atoms with Gasteiger partial charge in [-0.2, -0.15) is 9.41 Å². The summed E-state index contributed by atoms with van der Waals surface area (Å²) in [6, 6.07) is 9.77. The maximum Gasteiger partial charge on any atom is 0.337 e. The van der Waals surface area contributed by atoms with E-state index in [0.717, 1.165) is 5.56 Å². The van der Waals surface area contributed by atoms with E-state index in [9.17, 15) is 13.2 Å². The molecule has 2 aromatic rings. The number of benzene rings is 1. The molecule has 1 aromatic heterocycles. The van der Waals surface area contributed by atoms with Crippen molar-refractivity contribution < 1.29 is 17.9 Å². The molecule has 27 heavy (non-hydrogen) atoms. The number of sulfonamides is 1. The Morgan fingerprint density at radius 2 is 1.85 bits per heavy atom. The standard InChI is InChI=1S/C18H22N4O4S/c1-4-22(5-2)27(24,25)16-10-11-17(19-13-16)21-20-12-14-6-8-15(9-7-14)18(23)26-3/h6-13H,4-5H2,1-3H3,(H,19,21). The third-order valence-electron chi connectivity index (χ3n) is 3.80. The molecule has 0 spiro atoms. The normalized spacial score (nSPS) is 11.7. The van der Waals surface area contributed by atoms with Crippen molar-refractivity contribution in [3.63, 3.8) is 0 Å². The van der Waals surface area contributed by atoms with E-state index in [0.29, 0.717) is 24.5 Å². The van der Waals surface area contributed by atoms with E-state index in [1.807, 2.05) is 0 Å². The summed E-state index contributed by atoms with van der Waals surface area (Å²) in [7, 11) is -2.20. The maximum absolute atomic E-state index is 12.4. The number of nitrogens with zero attached hydrogens (tertiary/aromatic N) is 3. The van der Waals surface area contributed by atoms with Crippen molar-refractivity contribution in [2.45, 2.75) is 18.7 Å². The van der Waals surface area contributed by atoms with Crippen LogP contribution in [0.1, 0.15) is 29.8 Å². The predicted octanol–water partition coefficient (Wildman–Crippen LogP) is 2.34. The minimum absolute atomic E-state index is 0.138. The number of aromatic nitrogens is 1. The molecule has 0 aliphatic carbocycles. The average molecular weight is 390 g/mol. The van der Waals surface area contributed by atoms with Crippen molar-refractivity contribution in [3.8, 4) is 0 Å². The minimum Gasteiger partial charge on any atom is -0.465 e. The summed E-state index contributed by atoms with van der Waals surface area (Å²) in [6.07, 6.45) is 2.86. The first-order valence-corrected chi connectivity index (χ1v) is 9.80. The fourth-order valence-corrected chi connectivity index (χ4v) is 3.71. The fourth-order valence-electron chi connectivity index (χ4n) is 2.31. The Bertz CT molecular complexity index is 890. The van der Waals surface area contributed by atoms with Gasteiger partial charge < -0.3 is 4.74 Å². The van der Waals surface area contributed by atoms with Crippen LogP contribution < -0.4 is 5.43 Å². The second-order valence-corrected chi connectivity index (χ2v) is 7.39. The van der Waals surface area contributed by atoms with E-state index in [1.54, 1.807) is 50.4 Å². The molecule has 2 rings (SSSR count). The van der Waals surface area contributed by atoms with Crippen LogP contribution >= 0.6 is 0 Å². The lowest BCUT2D eigenvalue weighted by molar-refractivity contribution is 0.0600. The Morgan fingerprint density at radius 3 is 2.37 bits per heavy atom. The van der Waals surface area contributed by atoms with Crippen LogP contribution in [0.25, 0.3) is 0 Å². The summed E-state index contributed by atoms with van der Waals surface area (Å²) >= 11 is 0. The molecule has 0 fully saturated rings. The molecule has 0 aliphatic heterocycles. The molecule has 0 saturated heterocycles. The van der Waals surface area contributed by atoms with Crippen LogP contribution in [0.5, 0.6) is 0 Å². The van der Waals surface area contributed by atoms with Crippen molar-refractivity contribution in [1.82, 2.24) is 9.29 Å². The van der Waals surface area contributed by atoms with Crippen molar-refractivity contribution >= 4 is 28.0 Å². The zero-order chi connectivity index (χ0) is 19.9. The molecule has 0 saturated carbocycles. The smallest absolute Gasteiger partial charge is 0.337 e. The highest BCUT2D eigenvalue weighted by atomic mass is 32.2. The van der Waals surface area contributed by atoms with E-state index in [4.69, 9.17) is 0 Å². The third kappa shape index (κ3) is 5.11. The number of anilines is 1. The number of hydrogen-bond acceptors (Lipinski definition) is 7. The third-order valence-corrected chi connectivity index (χ3v) is 5.84. The monoisotopic (exact) mass is 390 g/mol. The van der Waals surface area contributed by atoms with Gasteiger partial charge in [0.1, 0.15) is 10.7 Å². The molecule has 0 atom stereocenters. The van der Waals surface area contributed by atoms with Crippen LogP contribution in [0.3, 0.4) is 0 Å². The van der Waals surface area contributed by atoms with Gasteiger partial charge in [0.05, 0.1) is 18.9 Å². The number of methoxy groups -OCH3 is 1. The number of esters is 1. The first-order valence-electron chi connectivity index (χ1n) is 8.36. The molecule has 1 N–H and O–H groups in total. The highest BCUT2D eigenvalue weighted by Gasteiger charge is 2.21. The Morgan fingerprint density at radius 1 is 1.19 bits per heavy atom. The molecule has 0 amide bonds. The van der Waals surface area contributed by atoms with E-state index < -0.39 is 16.0 Å². The van der Waals surface area contributed by atoms with Crippen molar-refractivity contribution in [3.05, 3.63) is 53.7 Å². The summed E-state index contributed by atoms with van der Waals surface area (Å²) in [6.45, 7) is 4.38. The molecule has 0 aliphatic rings. The fraction of sp³-hybridized carbons (Fsp3) is 0.278. The number of hydrogen-bond donors (Lipinski definition) is 1. The highest BCUT2D eigenvalue weighted by molar-refractivity contribution is 7.89. The van der Waals surface area contributed by atoms with E-state index >= 15 is 0 Å². The number of ether oxygens (including phenoxy) is 1. The van der Waals surface area contributed by atoms with Gasteiger partial charge in [0.25, 0.3) is 0 Å². The van der Waals surface area contributed by atoms with Crippen LogP contribution in [-0.4, -0.2) is 50.1 Å². The molecule has 0 radical (unpaired) electrons. The summed E-state index contributed by atoms with van der Waals surface area (Å²) in [4.78, 5) is 15.6. The van der Waals surface area contributed by atoms with Crippen molar-refractivity contribution in [2.75, 3.05) is 25.6 Å². The van der Waals surface area contributed by atoms with E-state index in [1.165, 1.54) is 23.7 Å². The lowest BCUT2D eigenvalue weighted by atomic mass is 10.1. The van der Waals surface area contributed by atoms with Crippen LogP contribution in [0.2, 0.25) is 0 Å². The summed E-state index contributed by atoms with van der Waals surface area (Å²) < 4.78 is 30.8. The zero-order valence-corrected chi connectivity index (χ0v) is 16.2. The van der Waals surface area contributed by atoms with Gasteiger partial charge in [-0.3, -0.25) is 5.43 Å². The first kappa shape index (κ1) is 20.5. The van der Waals surface area contributed by atoms with Crippen molar-refractivity contribution in [2.24, 2.45) is 5.10 Å². The van der Waals surface area contributed by atoms with Gasteiger partial charge >= 0.3 is 5.97 Å². The van der Waals surface area contributed by atoms with Gasteiger partial charge in [-0.15, -0.1) is 0 Å². The number of hydrazone groups is 1. The molecular formula is C18H22N4O4S. The van der Waals surface area contributed by atoms with Crippen LogP contribution in [0.15, 0.2) is 52.6 Å². The lowest BCUT2D eigenvalue weighted by Crippen LogP contribution is -2.30. The largest absolute Gasteiger partial charge is 0.465 e. The number of rotatable bonds is 8. The van der Waals surface area contributed by atoms with Gasteiger partial charge in [0.2, 0.25) is 10.0 Å². The van der Waals surface area contributed by atoms with Crippen LogP contribution in [0, 0.1) is 0 Å². The molecule has 0 bridgehead atoms. The van der Waals surface area contributed by atoms with E-state index in [2.05, 4.69) is 20.2 Å². The Hall–Kier alpha value is -2.78. The quantitative estimate of drug-likeness (QED) is 0.422. The average Bonchev–Trinajstić information content (AvgIpc) is 2.69. The van der Waals surface area contributed by atoms with Gasteiger partial charge in [-0.25, -0.2) is 18.2 Å². The molecule has 9 heteroatoms. The number of pyridine rings is 1. The summed E-state index contributed by atoms with van der Waals surface area (Å²) in [5.74, 6) is 0.0106. The molecule has 144 valence electrons. The second-order valence-electron chi connectivity index (χ2n) is 5.45. The van der Waals surface area contributed by atoms with Gasteiger partial charge in [-0.05, 0) is 29.8 Å². The van der Waals surface area contributed by atoms with Crippen LogP contribution in [0.4, 0.5) is 5.82 Å². The van der Waals surface area contributed by atoms with E-state index in [-0.39, 0.29) is 4.90 Å². The first-order chi connectivity index (χ1) is 12.9. The van der Waals surface area contributed by atoms with Crippen molar-refractivity contribution in [1.29, 1.82) is 0 Å².